The summed E-state index contributed by atoms with van der Waals surface area (Å²) in [6, 6.07) is 5.80. The van der Waals surface area contributed by atoms with Crippen molar-refractivity contribution in [2.24, 2.45) is 11.8 Å². The van der Waals surface area contributed by atoms with Gasteiger partial charge in [0.25, 0.3) is 0 Å². The van der Waals surface area contributed by atoms with Gasteiger partial charge in [0.1, 0.15) is 0 Å². The van der Waals surface area contributed by atoms with Crippen molar-refractivity contribution < 1.29 is 24.6 Å². The van der Waals surface area contributed by atoms with Gasteiger partial charge in [0.05, 0.1) is 5.56 Å². The van der Waals surface area contributed by atoms with E-state index in [1.165, 1.54) is 24.3 Å². The summed E-state index contributed by atoms with van der Waals surface area (Å²) in [7, 11) is 0. The number of carbonyl (C=O) groups excluding carboxylic acids is 1. The van der Waals surface area contributed by atoms with Crippen LogP contribution in [0.4, 0.5) is 0 Å². The van der Waals surface area contributed by atoms with E-state index in [0.29, 0.717) is 12.0 Å². The Labute approximate surface area is 116 Å². The van der Waals surface area contributed by atoms with E-state index < -0.39 is 11.9 Å². The number of Topliss-reactive ketones (excluding diaryl/α,β-unsaturated/α-hetero) is 1. The zero-order chi connectivity index (χ0) is 14.7. The van der Waals surface area contributed by atoms with E-state index in [-0.39, 0.29) is 29.6 Å². The molecule has 0 aromatic heterocycles. The average molecular weight is 276 g/mol. The molecule has 1 aromatic rings. The average Bonchev–Trinajstić information content (AvgIpc) is 2.85. The third kappa shape index (κ3) is 3.04. The Morgan fingerprint density at radius 3 is 2.15 bits per heavy atom. The molecule has 5 heteroatoms. The fourth-order valence-corrected chi connectivity index (χ4v) is 2.84. The van der Waals surface area contributed by atoms with E-state index >= 15 is 0 Å². The minimum absolute atomic E-state index is 0.0175. The van der Waals surface area contributed by atoms with Crippen molar-refractivity contribution in [3.63, 3.8) is 0 Å². The van der Waals surface area contributed by atoms with Crippen LogP contribution in [0.1, 0.15) is 46.4 Å². The molecule has 1 saturated carbocycles. The van der Waals surface area contributed by atoms with Crippen LogP contribution in [0.25, 0.3) is 0 Å². The number of benzene rings is 1. The second-order valence-corrected chi connectivity index (χ2v) is 5.14. The maximum atomic E-state index is 12.4. The Morgan fingerprint density at radius 2 is 1.60 bits per heavy atom. The summed E-state index contributed by atoms with van der Waals surface area (Å²) >= 11 is 0. The maximum absolute atomic E-state index is 12.4. The van der Waals surface area contributed by atoms with Gasteiger partial charge in [0.15, 0.2) is 5.78 Å². The van der Waals surface area contributed by atoms with Crippen LogP contribution in [0.15, 0.2) is 24.3 Å². The van der Waals surface area contributed by atoms with Crippen molar-refractivity contribution in [1.29, 1.82) is 0 Å². The molecule has 0 saturated heterocycles. The molecule has 0 spiro atoms. The smallest absolute Gasteiger partial charge is 0.335 e. The first kappa shape index (κ1) is 14.2. The molecule has 0 bridgehead atoms. The zero-order valence-corrected chi connectivity index (χ0v) is 10.9. The Hall–Kier alpha value is -2.17. The fraction of sp³-hybridized carbons (Fsp3) is 0.400. The van der Waals surface area contributed by atoms with Crippen LogP contribution in [-0.2, 0) is 4.79 Å². The monoisotopic (exact) mass is 276 g/mol. The SMILES string of the molecule is O=C(O)C[C@H]1CCC[C@@H]1C(=O)c1ccc(C(=O)O)cc1. The summed E-state index contributed by atoms with van der Waals surface area (Å²) in [5, 5.41) is 17.7. The predicted octanol–water partition coefficient (Wildman–Crippen LogP) is 2.46. The number of rotatable bonds is 5. The third-order valence-electron chi connectivity index (χ3n) is 3.85. The van der Waals surface area contributed by atoms with Crippen LogP contribution >= 0.6 is 0 Å². The van der Waals surface area contributed by atoms with Crippen LogP contribution < -0.4 is 0 Å². The molecule has 0 aliphatic heterocycles. The van der Waals surface area contributed by atoms with Gasteiger partial charge in [0, 0.05) is 17.9 Å². The topological polar surface area (TPSA) is 91.7 Å². The molecule has 1 aliphatic rings. The van der Waals surface area contributed by atoms with Crippen molar-refractivity contribution in [3.8, 4) is 0 Å². The third-order valence-corrected chi connectivity index (χ3v) is 3.85. The normalized spacial score (nSPS) is 21.6. The summed E-state index contributed by atoms with van der Waals surface area (Å²) in [6.45, 7) is 0. The molecule has 2 rings (SSSR count). The van der Waals surface area contributed by atoms with Gasteiger partial charge in [-0.2, -0.15) is 0 Å². The lowest BCUT2D eigenvalue weighted by atomic mass is 9.86. The van der Waals surface area contributed by atoms with Crippen LogP contribution in [-0.4, -0.2) is 27.9 Å². The van der Waals surface area contributed by atoms with Gasteiger partial charge >= 0.3 is 11.9 Å². The molecular weight excluding hydrogens is 260 g/mol. The molecule has 0 heterocycles. The number of ketones is 1. The van der Waals surface area contributed by atoms with Crippen LogP contribution in [0.3, 0.4) is 0 Å². The number of aliphatic carboxylic acids is 1. The number of aromatic carboxylic acids is 1. The minimum atomic E-state index is -1.03. The van der Waals surface area contributed by atoms with Crippen molar-refractivity contribution in [2.75, 3.05) is 0 Å². The van der Waals surface area contributed by atoms with E-state index in [2.05, 4.69) is 0 Å². The molecule has 1 fully saturated rings. The van der Waals surface area contributed by atoms with Gasteiger partial charge in [-0.1, -0.05) is 18.6 Å². The first-order chi connectivity index (χ1) is 9.49. The highest BCUT2D eigenvalue weighted by molar-refractivity contribution is 5.99. The van der Waals surface area contributed by atoms with Crippen LogP contribution in [0, 0.1) is 11.8 Å². The molecular formula is C15H16O5. The van der Waals surface area contributed by atoms with E-state index in [0.717, 1.165) is 12.8 Å². The van der Waals surface area contributed by atoms with E-state index in [4.69, 9.17) is 10.2 Å². The molecule has 20 heavy (non-hydrogen) atoms. The van der Waals surface area contributed by atoms with Crippen molar-refractivity contribution >= 4 is 17.7 Å². The Morgan fingerprint density at radius 1 is 1.00 bits per heavy atom. The van der Waals surface area contributed by atoms with Gasteiger partial charge in [-0.25, -0.2) is 4.79 Å². The van der Waals surface area contributed by atoms with E-state index in [9.17, 15) is 14.4 Å². The largest absolute Gasteiger partial charge is 0.481 e. The van der Waals surface area contributed by atoms with Crippen molar-refractivity contribution in [1.82, 2.24) is 0 Å². The standard InChI is InChI=1S/C15H16O5/c16-13(17)8-11-2-1-3-12(11)14(18)9-4-6-10(7-5-9)15(19)20/h4-7,11-12H,1-3,8H2,(H,16,17)(H,19,20)/t11-,12+/m1/s1. The highest BCUT2D eigenvalue weighted by Gasteiger charge is 2.34. The highest BCUT2D eigenvalue weighted by Crippen LogP contribution is 2.36. The van der Waals surface area contributed by atoms with Gasteiger partial charge in [0.2, 0.25) is 0 Å². The predicted molar refractivity (Wildman–Crippen MR) is 70.8 cm³/mol. The fourth-order valence-electron chi connectivity index (χ4n) is 2.84. The van der Waals surface area contributed by atoms with Gasteiger partial charge in [-0.05, 0) is 30.9 Å². The number of hydrogen-bond acceptors (Lipinski definition) is 3. The van der Waals surface area contributed by atoms with Gasteiger partial charge < -0.3 is 10.2 Å². The van der Waals surface area contributed by atoms with Crippen molar-refractivity contribution in [2.45, 2.75) is 25.7 Å². The molecule has 5 nitrogen and oxygen atoms in total. The lowest BCUT2D eigenvalue weighted by molar-refractivity contribution is -0.138. The first-order valence-electron chi connectivity index (χ1n) is 6.58. The quantitative estimate of drug-likeness (QED) is 0.806. The lowest BCUT2D eigenvalue weighted by Crippen LogP contribution is -2.21. The van der Waals surface area contributed by atoms with E-state index in [1.54, 1.807) is 0 Å². The number of hydrogen-bond donors (Lipinski definition) is 2. The Balaban J connectivity index is 2.13. The number of carboxylic acid groups (broad SMARTS) is 2. The number of carboxylic acids is 2. The molecule has 106 valence electrons. The van der Waals surface area contributed by atoms with Crippen LogP contribution in [0.5, 0.6) is 0 Å². The zero-order valence-electron chi connectivity index (χ0n) is 10.9. The molecule has 1 aliphatic carbocycles. The first-order valence-corrected chi connectivity index (χ1v) is 6.58. The summed E-state index contributed by atoms with van der Waals surface area (Å²) in [5.74, 6) is -2.36. The molecule has 0 unspecified atom stereocenters. The van der Waals surface area contributed by atoms with E-state index in [1.807, 2.05) is 0 Å². The molecule has 0 radical (unpaired) electrons. The Bertz CT molecular complexity index is 532. The number of carbonyl (C=O) groups is 3. The molecule has 1 aromatic carbocycles. The lowest BCUT2D eigenvalue weighted by Gasteiger charge is -2.16. The minimum Gasteiger partial charge on any atom is -0.481 e. The highest BCUT2D eigenvalue weighted by atomic mass is 16.4. The van der Waals surface area contributed by atoms with Gasteiger partial charge in [-0.15, -0.1) is 0 Å². The van der Waals surface area contributed by atoms with Crippen molar-refractivity contribution in [3.05, 3.63) is 35.4 Å². The summed E-state index contributed by atoms with van der Waals surface area (Å²) in [6.07, 6.45) is 2.35. The molecule has 2 atom stereocenters. The Kier molecular flexibility index (Phi) is 4.17. The molecule has 0 amide bonds. The van der Waals surface area contributed by atoms with Gasteiger partial charge in [-0.3, -0.25) is 9.59 Å². The summed E-state index contributed by atoms with van der Waals surface area (Å²) in [4.78, 5) is 33.9. The summed E-state index contributed by atoms with van der Waals surface area (Å²) < 4.78 is 0. The van der Waals surface area contributed by atoms with Crippen LogP contribution in [0.2, 0.25) is 0 Å². The maximum Gasteiger partial charge on any atom is 0.335 e. The summed E-state index contributed by atoms with van der Waals surface area (Å²) in [5.41, 5.74) is 0.590. The second kappa shape index (κ2) is 5.86. The molecule has 2 N–H and O–H groups in total. The second-order valence-electron chi connectivity index (χ2n) is 5.14.